The molecule has 4 heterocycles. The summed E-state index contributed by atoms with van der Waals surface area (Å²) >= 11 is 6.50. The molecule has 196 valence electrons. The van der Waals surface area contributed by atoms with Crippen LogP contribution in [-0.4, -0.2) is 57.9 Å². The summed E-state index contributed by atoms with van der Waals surface area (Å²) in [5.41, 5.74) is -1.47. The lowest BCUT2D eigenvalue weighted by Gasteiger charge is -2.28. The molecule has 3 aromatic rings. The molecule has 37 heavy (non-hydrogen) atoms. The molecule has 1 N–H and O–H groups in total. The number of nitrogens with one attached hydrogen (secondary N) is 1. The zero-order chi connectivity index (χ0) is 26.7. The number of pyridine rings is 1. The summed E-state index contributed by atoms with van der Waals surface area (Å²) in [4.78, 5) is 42.7. The maximum absolute atomic E-state index is 15.0. The highest BCUT2D eigenvalue weighted by atomic mass is 35.5. The van der Waals surface area contributed by atoms with Gasteiger partial charge in [-0.2, -0.15) is 13.2 Å². The fourth-order valence-corrected chi connectivity index (χ4v) is 4.61. The summed E-state index contributed by atoms with van der Waals surface area (Å²) in [6.45, 7) is 3.38. The minimum absolute atomic E-state index is 0.0343. The third kappa shape index (κ3) is 6.19. The van der Waals surface area contributed by atoms with Crippen molar-refractivity contribution in [2.24, 2.45) is 0 Å². The Morgan fingerprint density at radius 2 is 1.92 bits per heavy atom. The number of carbonyl (C=O) groups is 2. The summed E-state index contributed by atoms with van der Waals surface area (Å²) in [6, 6.07) is 0.630. The van der Waals surface area contributed by atoms with E-state index >= 15 is 4.39 Å². The van der Waals surface area contributed by atoms with E-state index in [0.717, 1.165) is 23.9 Å². The van der Waals surface area contributed by atoms with E-state index in [1.54, 1.807) is 11.8 Å². The second kappa shape index (κ2) is 11.0. The summed E-state index contributed by atoms with van der Waals surface area (Å²) in [5.74, 6) is -2.90. The highest BCUT2D eigenvalue weighted by Crippen LogP contribution is 2.35. The number of thiazole rings is 1. The summed E-state index contributed by atoms with van der Waals surface area (Å²) in [6.07, 6.45) is -1.70. The number of ketones is 1. The van der Waals surface area contributed by atoms with Gasteiger partial charge in [-0.3, -0.25) is 9.59 Å². The lowest BCUT2D eigenvalue weighted by molar-refractivity contribution is -0.137. The first-order chi connectivity index (χ1) is 17.5. The van der Waals surface area contributed by atoms with E-state index in [1.807, 2.05) is 0 Å². The summed E-state index contributed by atoms with van der Waals surface area (Å²) in [7, 11) is 0. The quantitative estimate of drug-likeness (QED) is 0.331. The van der Waals surface area contributed by atoms with Crippen LogP contribution in [-0.2, 0) is 10.9 Å². The molecule has 0 bridgehead atoms. The smallest absolute Gasteiger partial charge is 0.378 e. The van der Waals surface area contributed by atoms with Gasteiger partial charge in [-0.25, -0.2) is 24.3 Å². The number of anilines is 2. The number of ether oxygens (including phenoxy) is 1. The summed E-state index contributed by atoms with van der Waals surface area (Å²) < 4.78 is 59.4. The van der Waals surface area contributed by atoms with Crippen LogP contribution >= 0.6 is 22.9 Å². The predicted octanol–water partition coefficient (Wildman–Crippen LogP) is 4.60. The van der Waals surface area contributed by atoms with Gasteiger partial charge in [-0.05, 0) is 6.07 Å². The van der Waals surface area contributed by atoms with Crippen molar-refractivity contribution in [2.45, 2.75) is 25.4 Å². The average Bonchev–Trinajstić information content (AvgIpc) is 3.36. The van der Waals surface area contributed by atoms with Gasteiger partial charge >= 0.3 is 6.18 Å². The molecule has 0 aliphatic carbocycles. The van der Waals surface area contributed by atoms with Crippen LogP contribution in [0.3, 0.4) is 0 Å². The molecule has 1 saturated heterocycles. The lowest BCUT2D eigenvalue weighted by Crippen LogP contribution is -2.37. The Morgan fingerprint density at radius 3 is 2.62 bits per heavy atom. The molecule has 9 nitrogen and oxygen atoms in total. The van der Waals surface area contributed by atoms with Gasteiger partial charge in [-0.1, -0.05) is 18.5 Å². The van der Waals surface area contributed by atoms with E-state index in [-0.39, 0.29) is 28.6 Å². The molecule has 0 radical (unpaired) electrons. The first kappa shape index (κ1) is 26.8. The molecular weight excluding hydrogens is 540 g/mol. The number of hydrogen-bond donors (Lipinski definition) is 1. The van der Waals surface area contributed by atoms with Crippen molar-refractivity contribution in [3.8, 4) is 0 Å². The minimum atomic E-state index is -4.72. The SMILES string of the molecule is C[C@@H](CC(=O)c1ncnc(N2CCOCC2)c1F)c1ncc(C(=O)Nc2cc(C(F)(F)F)c(Cl)cn2)s1. The van der Waals surface area contributed by atoms with Gasteiger partial charge in [0.15, 0.2) is 17.4 Å². The largest absolute Gasteiger partial charge is 0.418 e. The van der Waals surface area contributed by atoms with Gasteiger partial charge in [0.05, 0.1) is 35.0 Å². The average molecular weight is 559 g/mol. The third-order valence-electron chi connectivity index (χ3n) is 5.41. The number of halogens is 5. The van der Waals surface area contributed by atoms with E-state index in [0.29, 0.717) is 37.4 Å². The minimum Gasteiger partial charge on any atom is -0.378 e. The van der Waals surface area contributed by atoms with Crippen LogP contribution in [0, 0.1) is 5.82 Å². The first-order valence-corrected chi connectivity index (χ1v) is 12.1. The van der Waals surface area contributed by atoms with Gasteiger partial charge in [-0.15, -0.1) is 11.3 Å². The van der Waals surface area contributed by atoms with Crippen LogP contribution in [0.5, 0.6) is 0 Å². The monoisotopic (exact) mass is 558 g/mol. The Bertz CT molecular complexity index is 1320. The van der Waals surface area contributed by atoms with Crippen molar-refractivity contribution in [3.63, 3.8) is 0 Å². The van der Waals surface area contributed by atoms with Crippen LogP contribution in [0.1, 0.15) is 50.0 Å². The van der Waals surface area contributed by atoms with Crippen molar-refractivity contribution in [2.75, 3.05) is 36.5 Å². The standard InChI is InChI=1S/C22H19ClF4N6O3S/c1-11(6-14(34)18-17(24)19(31-10-30-18)33-2-4-36-5-3-33)21-29-9-15(37-21)20(35)32-16-7-12(22(25,26)27)13(23)8-28-16/h7-11H,2-6H2,1H3,(H,28,32,35)/t11-/m0/s1. The Labute approximate surface area is 216 Å². The number of rotatable bonds is 7. The maximum Gasteiger partial charge on any atom is 0.418 e. The van der Waals surface area contributed by atoms with E-state index in [9.17, 15) is 22.8 Å². The van der Waals surface area contributed by atoms with Crippen LogP contribution in [0.25, 0.3) is 0 Å². The molecule has 1 atom stereocenters. The molecule has 1 aliphatic rings. The topological polar surface area (TPSA) is 110 Å². The van der Waals surface area contributed by atoms with Gasteiger partial charge in [0.1, 0.15) is 22.7 Å². The van der Waals surface area contributed by atoms with Gasteiger partial charge in [0.2, 0.25) is 0 Å². The van der Waals surface area contributed by atoms with Gasteiger partial charge in [0.25, 0.3) is 5.91 Å². The normalized spacial score (nSPS) is 14.9. The highest BCUT2D eigenvalue weighted by molar-refractivity contribution is 7.13. The number of aromatic nitrogens is 4. The molecule has 1 aliphatic heterocycles. The second-order valence-corrected chi connectivity index (χ2v) is 9.52. The highest BCUT2D eigenvalue weighted by Gasteiger charge is 2.34. The van der Waals surface area contributed by atoms with E-state index in [2.05, 4.69) is 25.3 Å². The number of nitrogens with zero attached hydrogens (tertiary/aromatic N) is 5. The zero-order valence-electron chi connectivity index (χ0n) is 19.2. The van der Waals surface area contributed by atoms with E-state index in [1.165, 1.54) is 6.20 Å². The number of morpholine rings is 1. The molecule has 0 spiro atoms. The van der Waals surface area contributed by atoms with E-state index in [4.69, 9.17) is 16.3 Å². The lowest BCUT2D eigenvalue weighted by atomic mass is 10.0. The Hall–Kier alpha value is -3.23. The third-order valence-corrected chi connectivity index (χ3v) is 6.94. The Kier molecular flexibility index (Phi) is 7.99. The molecule has 3 aromatic heterocycles. The number of alkyl halides is 3. The molecule has 0 saturated carbocycles. The van der Waals surface area contributed by atoms with E-state index < -0.39 is 40.2 Å². The van der Waals surface area contributed by atoms with Crippen LogP contribution in [0.2, 0.25) is 5.02 Å². The molecule has 15 heteroatoms. The fourth-order valence-electron chi connectivity index (χ4n) is 3.54. The number of Topliss-reactive ketones (excluding diaryl/α,β-unsaturated/α-hetero) is 1. The van der Waals surface area contributed by atoms with Crippen LogP contribution in [0.15, 0.2) is 24.8 Å². The van der Waals surface area contributed by atoms with Crippen LogP contribution < -0.4 is 10.2 Å². The maximum atomic E-state index is 15.0. The molecule has 0 unspecified atom stereocenters. The molecule has 4 rings (SSSR count). The molecular formula is C22H19ClF4N6O3S. The predicted molar refractivity (Wildman–Crippen MR) is 127 cm³/mol. The van der Waals surface area contributed by atoms with Gasteiger partial charge < -0.3 is 15.0 Å². The molecule has 1 amide bonds. The Morgan fingerprint density at radius 1 is 1.19 bits per heavy atom. The molecule has 1 fully saturated rings. The van der Waals surface area contributed by atoms with Crippen molar-refractivity contribution < 1.29 is 31.9 Å². The zero-order valence-corrected chi connectivity index (χ0v) is 20.8. The van der Waals surface area contributed by atoms with Crippen molar-refractivity contribution in [1.82, 2.24) is 19.9 Å². The van der Waals surface area contributed by atoms with Crippen molar-refractivity contribution >= 4 is 46.3 Å². The first-order valence-electron chi connectivity index (χ1n) is 10.9. The molecule has 0 aromatic carbocycles. The van der Waals surface area contributed by atoms with Crippen LogP contribution in [0.4, 0.5) is 29.2 Å². The number of amides is 1. The number of hydrogen-bond acceptors (Lipinski definition) is 9. The van der Waals surface area contributed by atoms with Crippen molar-refractivity contribution in [1.29, 1.82) is 0 Å². The Balaban J connectivity index is 1.43. The van der Waals surface area contributed by atoms with Gasteiger partial charge in [0, 0.05) is 31.6 Å². The summed E-state index contributed by atoms with van der Waals surface area (Å²) in [5, 5.41) is 2.08. The van der Waals surface area contributed by atoms with Crippen molar-refractivity contribution in [3.05, 3.63) is 56.8 Å². The number of carbonyl (C=O) groups excluding carboxylic acids is 2. The fraction of sp³-hybridized carbons (Fsp3) is 0.364. The second-order valence-electron chi connectivity index (χ2n) is 8.05.